The van der Waals surface area contributed by atoms with Gasteiger partial charge >= 0.3 is 0 Å². The van der Waals surface area contributed by atoms with Crippen molar-refractivity contribution in [3.05, 3.63) is 60.7 Å². The van der Waals surface area contributed by atoms with Crippen LogP contribution < -0.4 is 0 Å². The Morgan fingerprint density at radius 3 is 2.00 bits per heavy atom. The van der Waals surface area contributed by atoms with Crippen molar-refractivity contribution < 1.29 is 13.2 Å². The molecule has 2 aromatic rings. The van der Waals surface area contributed by atoms with Gasteiger partial charge in [-0.05, 0) is 37.6 Å². The summed E-state index contributed by atoms with van der Waals surface area (Å²) in [5.41, 5.74) is 0.685. The minimum absolute atomic E-state index is 0.0163. The van der Waals surface area contributed by atoms with E-state index in [1.807, 2.05) is 67.6 Å². The van der Waals surface area contributed by atoms with E-state index in [-0.39, 0.29) is 23.5 Å². The summed E-state index contributed by atoms with van der Waals surface area (Å²) in [5, 5.41) is 5.98. The Kier molecular flexibility index (Phi) is 5.28. The van der Waals surface area contributed by atoms with Crippen molar-refractivity contribution in [3.8, 4) is 0 Å². The molecule has 0 radical (unpaired) electrons. The number of carbonyl (C=O) groups is 1. The third-order valence-electron chi connectivity index (χ3n) is 4.79. The third kappa shape index (κ3) is 3.73. The SMILES string of the molecule is CC1=NN([C@H]2CCS(=O)(=O)C2)C(=O)C1(Sc1ccccc1)Sc1ccccc1. The quantitative estimate of drug-likeness (QED) is 0.675. The topological polar surface area (TPSA) is 66.8 Å². The highest BCUT2D eigenvalue weighted by atomic mass is 32.2. The molecule has 2 aliphatic rings. The zero-order chi connectivity index (χ0) is 19.8. The van der Waals surface area contributed by atoms with E-state index in [9.17, 15) is 13.2 Å². The fourth-order valence-electron chi connectivity index (χ4n) is 3.36. The molecule has 1 atom stereocenters. The van der Waals surface area contributed by atoms with Crippen molar-refractivity contribution in [2.24, 2.45) is 5.10 Å². The molecule has 2 heterocycles. The summed E-state index contributed by atoms with van der Waals surface area (Å²) in [5.74, 6) is -0.0621. The van der Waals surface area contributed by atoms with Crippen molar-refractivity contribution >= 4 is 45.0 Å². The first-order valence-electron chi connectivity index (χ1n) is 8.97. The monoisotopic (exact) mass is 432 g/mol. The second-order valence-corrected chi connectivity index (χ2v) is 11.9. The molecule has 1 fully saturated rings. The minimum Gasteiger partial charge on any atom is -0.270 e. The van der Waals surface area contributed by atoms with Gasteiger partial charge in [-0.1, -0.05) is 59.9 Å². The molecule has 0 aromatic heterocycles. The maximum absolute atomic E-state index is 13.6. The molecule has 146 valence electrons. The van der Waals surface area contributed by atoms with Gasteiger partial charge in [0.2, 0.25) is 0 Å². The predicted octanol–water partition coefficient (Wildman–Crippen LogP) is 3.67. The number of sulfone groups is 1. The largest absolute Gasteiger partial charge is 0.276 e. The summed E-state index contributed by atoms with van der Waals surface area (Å²) in [6, 6.07) is 19.1. The van der Waals surface area contributed by atoms with Gasteiger partial charge in [-0.2, -0.15) is 5.10 Å². The molecular formula is C20H20N2O3S3. The fourth-order valence-corrected chi connectivity index (χ4v) is 7.78. The van der Waals surface area contributed by atoms with Crippen LogP contribution in [0, 0.1) is 0 Å². The summed E-state index contributed by atoms with van der Waals surface area (Å²) in [6.45, 7) is 1.85. The molecule has 0 unspecified atom stereocenters. The minimum atomic E-state index is -3.11. The molecule has 0 bridgehead atoms. The lowest BCUT2D eigenvalue weighted by atomic mass is 10.2. The van der Waals surface area contributed by atoms with E-state index >= 15 is 0 Å². The van der Waals surface area contributed by atoms with E-state index in [2.05, 4.69) is 5.10 Å². The molecule has 8 heteroatoms. The summed E-state index contributed by atoms with van der Waals surface area (Å²) < 4.78 is 22.9. The Labute approximate surface area is 173 Å². The van der Waals surface area contributed by atoms with E-state index in [0.29, 0.717) is 12.1 Å². The second kappa shape index (κ2) is 7.57. The molecule has 1 amide bonds. The van der Waals surface area contributed by atoms with E-state index in [1.54, 1.807) is 0 Å². The number of hydrogen-bond donors (Lipinski definition) is 0. The highest BCUT2D eigenvalue weighted by molar-refractivity contribution is 8.20. The number of nitrogens with zero attached hydrogens (tertiary/aromatic N) is 2. The highest BCUT2D eigenvalue weighted by Crippen LogP contribution is 2.51. The van der Waals surface area contributed by atoms with Crippen LogP contribution in [-0.4, -0.2) is 46.7 Å². The van der Waals surface area contributed by atoms with Crippen LogP contribution in [0.2, 0.25) is 0 Å². The Hall–Kier alpha value is -1.77. The predicted molar refractivity (Wildman–Crippen MR) is 114 cm³/mol. The van der Waals surface area contributed by atoms with E-state index < -0.39 is 13.9 Å². The molecule has 28 heavy (non-hydrogen) atoms. The lowest BCUT2D eigenvalue weighted by molar-refractivity contribution is -0.130. The van der Waals surface area contributed by atoms with Crippen molar-refractivity contribution in [3.63, 3.8) is 0 Å². The zero-order valence-corrected chi connectivity index (χ0v) is 17.8. The van der Waals surface area contributed by atoms with Crippen molar-refractivity contribution in [1.82, 2.24) is 5.01 Å². The first-order valence-corrected chi connectivity index (χ1v) is 12.4. The molecule has 2 aliphatic heterocycles. The Bertz CT molecular complexity index is 966. The average Bonchev–Trinajstić information content (AvgIpc) is 3.15. The van der Waals surface area contributed by atoms with Crippen LogP contribution in [0.1, 0.15) is 13.3 Å². The van der Waals surface area contributed by atoms with Crippen molar-refractivity contribution in [2.75, 3.05) is 11.5 Å². The summed E-state index contributed by atoms with van der Waals surface area (Å²) in [6.07, 6.45) is 0.437. The molecule has 2 aromatic carbocycles. The maximum atomic E-state index is 13.6. The van der Waals surface area contributed by atoms with Crippen molar-refractivity contribution in [1.29, 1.82) is 0 Å². The van der Waals surface area contributed by atoms with Crippen LogP contribution in [0.5, 0.6) is 0 Å². The summed E-state index contributed by atoms with van der Waals surface area (Å²) >= 11 is 2.93. The normalized spacial score (nSPS) is 23.0. The molecule has 0 saturated carbocycles. The number of hydrazone groups is 1. The molecule has 1 saturated heterocycles. The van der Waals surface area contributed by atoms with Crippen molar-refractivity contribution in [2.45, 2.75) is 33.3 Å². The van der Waals surface area contributed by atoms with E-state index in [0.717, 1.165) is 9.79 Å². The number of thioether (sulfide) groups is 2. The van der Waals surface area contributed by atoms with Gasteiger partial charge in [0.15, 0.2) is 13.9 Å². The van der Waals surface area contributed by atoms with E-state index in [1.165, 1.54) is 28.5 Å². The van der Waals surface area contributed by atoms with Gasteiger partial charge in [0, 0.05) is 9.79 Å². The van der Waals surface area contributed by atoms with Gasteiger partial charge < -0.3 is 0 Å². The number of amides is 1. The smallest absolute Gasteiger partial charge is 0.270 e. The standard InChI is InChI=1S/C20H20N2O3S3/c1-15-20(26-17-8-4-2-5-9-17,27-18-10-6-3-7-11-18)19(23)22(21-15)16-12-13-28(24,25)14-16/h2-11,16H,12-14H2,1H3/t16-/m0/s1. The van der Waals surface area contributed by atoms with E-state index in [4.69, 9.17) is 0 Å². The fraction of sp³-hybridized carbons (Fsp3) is 0.300. The van der Waals surface area contributed by atoms with Crippen LogP contribution in [0.25, 0.3) is 0 Å². The molecular weight excluding hydrogens is 412 g/mol. The Morgan fingerprint density at radius 2 is 1.54 bits per heavy atom. The second-order valence-electron chi connectivity index (χ2n) is 6.84. The lowest BCUT2D eigenvalue weighted by Crippen LogP contribution is -2.44. The Morgan fingerprint density at radius 1 is 1.00 bits per heavy atom. The van der Waals surface area contributed by atoms with Crippen LogP contribution >= 0.6 is 23.5 Å². The average molecular weight is 433 g/mol. The number of rotatable bonds is 5. The van der Waals surface area contributed by atoms with Crippen LogP contribution in [0.15, 0.2) is 75.6 Å². The van der Waals surface area contributed by atoms with Crippen LogP contribution in [-0.2, 0) is 14.6 Å². The third-order valence-corrected chi connectivity index (χ3v) is 9.57. The van der Waals surface area contributed by atoms with Gasteiger partial charge in [-0.15, -0.1) is 0 Å². The molecule has 4 rings (SSSR count). The first-order chi connectivity index (χ1) is 13.4. The van der Waals surface area contributed by atoms with Gasteiger partial charge in [0.25, 0.3) is 5.91 Å². The highest BCUT2D eigenvalue weighted by Gasteiger charge is 2.54. The molecule has 0 aliphatic carbocycles. The van der Waals surface area contributed by atoms with Crippen LogP contribution in [0.3, 0.4) is 0 Å². The van der Waals surface area contributed by atoms with Crippen LogP contribution in [0.4, 0.5) is 0 Å². The summed E-state index contributed by atoms with van der Waals surface area (Å²) in [7, 11) is -3.11. The van der Waals surface area contributed by atoms with Gasteiger partial charge in [-0.25, -0.2) is 13.4 Å². The Balaban J connectivity index is 1.70. The number of hydrogen-bond acceptors (Lipinski definition) is 6. The maximum Gasteiger partial charge on any atom is 0.276 e. The van der Waals surface area contributed by atoms with Gasteiger partial charge in [-0.3, -0.25) is 4.79 Å². The summed E-state index contributed by atoms with van der Waals surface area (Å²) in [4.78, 5) is 15.6. The molecule has 0 N–H and O–H groups in total. The molecule has 0 spiro atoms. The zero-order valence-electron chi connectivity index (χ0n) is 15.3. The van der Waals surface area contributed by atoms with Gasteiger partial charge in [0.05, 0.1) is 23.3 Å². The van der Waals surface area contributed by atoms with Gasteiger partial charge in [0.1, 0.15) is 0 Å². The first kappa shape index (κ1) is 19.5. The number of carbonyl (C=O) groups excluding carboxylic acids is 1. The molecule has 5 nitrogen and oxygen atoms in total. The lowest BCUT2D eigenvalue weighted by Gasteiger charge is -2.28. The number of benzene rings is 2.